The molecule has 0 bridgehead atoms. The molecule has 26 heteroatoms. The molecular weight excluding hydrogens is 911 g/mol. The second kappa shape index (κ2) is 17.4. The summed E-state index contributed by atoms with van der Waals surface area (Å²) in [5.41, 5.74) is -13.8. The number of hydrogen-bond acceptors (Lipinski definition) is 3. The summed E-state index contributed by atoms with van der Waals surface area (Å²) in [7, 11) is 0. The summed E-state index contributed by atoms with van der Waals surface area (Å²) in [6.07, 6.45) is -3.07. The number of carboxylic acid groups (broad SMARTS) is 1. The maximum Gasteiger partial charge on any atom is 0.402 e. The topological polar surface area (TPSA) is 71.1 Å². The number of rotatable bonds is 8. The number of carbonyl (C=O) groups is 2. The number of benzene rings is 5. The summed E-state index contributed by atoms with van der Waals surface area (Å²) in [5, 5.41) is 8.98. The Morgan fingerprint density at radius 1 is 0.444 bits per heavy atom. The second-order valence-electron chi connectivity index (χ2n) is 12.5. The fourth-order valence-electron chi connectivity index (χ4n) is 6.45. The van der Waals surface area contributed by atoms with Crippen molar-refractivity contribution in [3.63, 3.8) is 0 Å². The number of ketones is 1. The molecule has 1 heterocycles. The zero-order chi connectivity index (χ0) is 47.3. The van der Waals surface area contributed by atoms with Gasteiger partial charge in [0.05, 0.1) is 6.20 Å². The van der Waals surface area contributed by atoms with Gasteiger partial charge in [-0.3, -0.25) is 9.78 Å². The van der Waals surface area contributed by atoms with Gasteiger partial charge in [-0.1, -0.05) is 30.3 Å². The van der Waals surface area contributed by atoms with E-state index in [1.807, 2.05) is 6.07 Å². The first-order valence-electron chi connectivity index (χ1n) is 16.3. The molecule has 0 aliphatic rings. The van der Waals surface area contributed by atoms with Crippen LogP contribution >= 0.6 is 0 Å². The van der Waals surface area contributed by atoms with Crippen molar-refractivity contribution in [2.75, 3.05) is 0 Å². The van der Waals surface area contributed by atoms with E-state index >= 15 is 35.1 Å². The number of aromatic nitrogens is 2. The summed E-state index contributed by atoms with van der Waals surface area (Å²) < 4.78 is 295. The van der Waals surface area contributed by atoms with Crippen LogP contribution in [0.2, 0.25) is 0 Å². The van der Waals surface area contributed by atoms with Gasteiger partial charge in [-0.2, -0.15) is 4.57 Å². The number of carboxylic acids is 1. The van der Waals surface area contributed by atoms with Crippen LogP contribution in [-0.2, 0) is 6.54 Å². The molecule has 0 radical (unpaired) electrons. The molecule has 0 saturated heterocycles. The molecule has 0 saturated carbocycles. The zero-order valence-electron chi connectivity index (χ0n) is 29.6. The minimum absolute atomic E-state index is 0.0122. The Kier molecular flexibility index (Phi) is 13.0. The Hall–Kier alpha value is -7.02. The molecule has 6 aromatic rings. The first-order chi connectivity index (χ1) is 29.4. The van der Waals surface area contributed by atoms with E-state index in [1.54, 1.807) is 24.3 Å². The average molecular weight is 922 g/mol. The van der Waals surface area contributed by atoms with Crippen molar-refractivity contribution in [3.8, 4) is 0 Å². The second-order valence-corrected chi connectivity index (χ2v) is 12.5. The Morgan fingerprint density at radius 2 is 0.714 bits per heavy atom. The first kappa shape index (κ1) is 47.0. The van der Waals surface area contributed by atoms with E-state index < -0.39 is 150 Å². The average Bonchev–Trinajstić information content (AvgIpc) is 3.26. The lowest BCUT2D eigenvalue weighted by Crippen LogP contribution is -2.81. The van der Waals surface area contributed by atoms with Crippen molar-refractivity contribution >= 4 is 39.7 Å². The van der Waals surface area contributed by atoms with Crippen LogP contribution in [-0.4, -0.2) is 28.0 Å². The number of carbonyl (C=O) groups excluding carboxylic acids is 1. The van der Waals surface area contributed by atoms with Gasteiger partial charge in [0.15, 0.2) is 76.0 Å². The van der Waals surface area contributed by atoms with E-state index in [2.05, 4.69) is 4.98 Å². The van der Waals surface area contributed by atoms with Crippen molar-refractivity contribution in [3.05, 3.63) is 177 Å². The van der Waals surface area contributed by atoms with E-state index in [-0.39, 0.29) is 18.0 Å². The third-order valence-electron chi connectivity index (χ3n) is 9.17. The predicted octanol–water partition coefficient (Wildman–Crippen LogP) is 6.80. The summed E-state index contributed by atoms with van der Waals surface area (Å²) in [6, 6.07) is 8.75. The van der Waals surface area contributed by atoms with Crippen molar-refractivity contribution in [1.82, 2.24) is 4.98 Å². The summed E-state index contributed by atoms with van der Waals surface area (Å²) in [5.74, 6) is -72.7. The number of Topliss-reactive ketones (excluding diaryl/α,β-unsaturated/α-hetero) is 1. The van der Waals surface area contributed by atoms with Crippen molar-refractivity contribution in [2.24, 2.45) is 0 Å². The van der Waals surface area contributed by atoms with Crippen LogP contribution in [0.1, 0.15) is 20.8 Å². The maximum absolute atomic E-state index is 15.4. The Morgan fingerprint density at radius 3 is 0.984 bits per heavy atom. The van der Waals surface area contributed by atoms with E-state index in [0.29, 0.717) is 5.56 Å². The molecule has 6 rings (SSSR count). The molecule has 5 nitrogen and oxygen atoms in total. The van der Waals surface area contributed by atoms with Crippen LogP contribution in [0.15, 0.2) is 48.9 Å². The molecule has 1 aromatic heterocycles. The van der Waals surface area contributed by atoms with Gasteiger partial charge in [0.25, 0.3) is 0 Å². The van der Waals surface area contributed by atoms with Gasteiger partial charge in [0, 0.05) is 5.56 Å². The van der Waals surface area contributed by atoms with Crippen molar-refractivity contribution < 1.29 is 107 Å². The van der Waals surface area contributed by atoms with E-state index in [1.165, 1.54) is 23.2 Å². The fourth-order valence-corrected chi connectivity index (χ4v) is 6.45. The molecule has 5 aromatic carbocycles. The summed E-state index contributed by atoms with van der Waals surface area (Å²) >= 11 is 0. The molecule has 0 unspecified atom stereocenters. The van der Waals surface area contributed by atoms with Gasteiger partial charge in [0.2, 0.25) is 12.3 Å². The van der Waals surface area contributed by atoms with Gasteiger partial charge < -0.3 is 5.11 Å². The lowest BCUT2D eigenvalue weighted by molar-refractivity contribution is -0.686. The van der Waals surface area contributed by atoms with E-state index in [4.69, 9.17) is 5.11 Å². The number of aromatic carboxylic acids is 1. The molecule has 63 heavy (non-hydrogen) atoms. The summed E-state index contributed by atoms with van der Waals surface area (Å²) in [6.45, 7) is -0.0197. The smallest absolute Gasteiger partial charge is 0.402 e. The highest BCUT2D eigenvalue weighted by Crippen LogP contribution is 2.30. The minimum Gasteiger partial charge on any atom is -0.473 e. The molecule has 0 spiro atoms. The van der Waals surface area contributed by atoms with Gasteiger partial charge in [-0.25, -0.2) is 92.6 Å². The third kappa shape index (κ3) is 7.45. The highest BCUT2D eigenvalue weighted by molar-refractivity contribution is 7.20. The molecule has 0 fully saturated rings. The third-order valence-corrected chi connectivity index (χ3v) is 9.17. The predicted molar refractivity (Wildman–Crippen MR) is 171 cm³/mol. The standard InChI is InChI=1S/C24BF20.C13H10N2O3/c26-5-1(6(27)14(35)21(42)13(5)34)25(2-7(28)15(36)22(43)16(37)8(2)29,3-9(30)17(38)23(44)18(39)10(3)31)4-11(32)19(40)24(45)20(41)12(4)33;16-12(10-4-2-1-3-5-10)9-15-7-6-14-8-11(15)13(17)18/h;1-8H,9H2/q-1;/p+1. The van der Waals surface area contributed by atoms with Gasteiger partial charge in [-0.15, -0.1) is 21.9 Å². The molecule has 0 aliphatic heterocycles. The molecule has 0 amide bonds. The van der Waals surface area contributed by atoms with Gasteiger partial charge in [-0.05, 0) is 0 Å². The van der Waals surface area contributed by atoms with Gasteiger partial charge in [0.1, 0.15) is 58.9 Å². The molecule has 1 N–H and O–H groups in total. The van der Waals surface area contributed by atoms with Crippen LogP contribution in [0, 0.1) is 116 Å². The van der Waals surface area contributed by atoms with Crippen LogP contribution in [0.4, 0.5) is 87.8 Å². The van der Waals surface area contributed by atoms with E-state index in [0.717, 1.165) is 0 Å². The largest absolute Gasteiger partial charge is 0.473 e. The molecule has 330 valence electrons. The lowest BCUT2D eigenvalue weighted by atomic mass is 9.12. The van der Waals surface area contributed by atoms with Gasteiger partial charge >= 0.3 is 11.7 Å². The SMILES string of the molecule is Fc1c(F)c(F)c([B-](c2c(F)c(F)c(F)c(F)c2F)(c2c(F)c(F)c(F)c(F)c2F)c2c(F)c(F)c(F)c(F)c2F)c(F)c1F.O=C(C[n+]1ccncc1C(=O)O)c1ccccc1. The molecule has 0 atom stereocenters. The van der Waals surface area contributed by atoms with Crippen molar-refractivity contribution in [2.45, 2.75) is 6.54 Å². The molecule has 0 aliphatic carbocycles. The Labute approximate surface area is 335 Å². The number of hydrogen-bond donors (Lipinski definition) is 1. The van der Waals surface area contributed by atoms with Crippen LogP contribution in [0.25, 0.3) is 0 Å². The molecular formula is C37H11BF20N2O3. The van der Waals surface area contributed by atoms with Crippen molar-refractivity contribution in [1.29, 1.82) is 0 Å². The van der Waals surface area contributed by atoms with Crippen LogP contribution < -0.4 is 26.4 Å². The number of nitrogens with zero attached hydrogens (tertiary/aromatic N) is 2. The fraction of sp³-hybridized carbons (Fsp3) is 0.0270. The van der Waals surface area contributed by atoms with E-state index in [9.17, 15) is 62.3 Å². The normalized spacial score (nSPS) is 11.4. The monoisotopic (exact) mass is 922 g/mol. The first-order valence-corrected chi connectivity index (χ1v) is 16.3. The Balaban J connectivity index is 0.000000345. The van der Waals surface area contributed by atoms with Crippen LogP contribution in [0.5, 0.6) is 0 Å². The van der Waals surface area contributed by atoms with Crippen LogP contribution in [0.3, 0.4) is 0 Å². The summed E-state index contributed by atoms with van der Waals surface area (Å²) in [4.78, 5) is 26.7. The quantitative estimate of drug-likeness (QED) is 0.0456. The minimum atomic E-state index is -7.22. The zero-order valence-corrected chi connectivity index (χ0v) is 29.6. The highest BCUT2D eigenvalue weighted by Gasteiger charge is 2.52. The maximum atomic E-state index is 15.4. The highest BCUT2D eigenvalue weighted by atomic mass is 19.2. The Bertz CT molecular complexity index is 2500. The number of halogens is 20. The lowest BCUT2D eigenvalue weighted by Gasteiger charge is -2.44.